The summed E-state index contributed by atoms with van der Waals surface area (Å²) in [6.07, 6.45) is 1.08. The predicted molar refractivity (Wildman–Crippen MR) is 68.7 cm³/mol. The average Bonchev–Trinajstić information content (AvgIpc) is 2.42. The maximum Gasteiger partial charge on any atom is 0.411 e. The van der Waals surface area contributed by atoms with Gasteiger partial charge in [-0.25, -0.2) is 14.0 Å². The van der Waals surface area contributed by atoms with Crippen molar-refractivity contribution in [1.82, 2.24) is 4.90 Å². The van der Waals surface area contributed by atoms with Gasteiger partial charge < -0.3 is 9.84 Å². The molecule has 1 heterocycles. The Morgan fingerprint density at radius 3 is 2.95 bits per heavy atom. The van der Waals surface area contributed by atoms with E-state index in [9.17, 15) is 19.1 Å². The Morgan fingerprint density at radius 1 is 1.55 bits per heavy atom. The Bertz CT molecular complexity index is 558. The highest BCUT2D eigenvalue weighted by atomic mass is 19.1. The highest BCUT2D eigenvalue weighted by Crippen LogP contribution is 2.31. The number of nitrogens with zero attached hydrogens (tertiary/aromatic N) is 1. The van der Waals surface area contributed by atoms with E-state index in [1.54, 1.807) is 0 Å². The molecule has 0 aromatic heterocycles. The Labute approximate surface area is 115 Å². The molecule has 1 atom stereocenters. The Balaban J connectivity index is 2.33. The van der Waals surface area contributed by atoms with E-state index < -0.39 is 23.9 Å². The largest absolute Gasteiger partial charge is 0.479 e. The number of fused-ring (bicyclic) bond motifs is 1. The summed E-state index contributed by atoms with van der Waals surface area (Å²) in [5.41, 5.74) is 1.02. The van der Waals surface area contributed by atoms with E-state index in [0.29, 0.717) is 17.5 Å². The minimum absolute atomic E-state index is 0.0119. The molecule has 20 heavy (non-hydrogen) atoms. The number of hydrogen-bond acceptors (Lipinski definition) is 3. The first-order valence-electron chi connectivity index (χ1n) is 6.10. The number of amides is 1. The van der Waals surface area contributed by atoms with Crippen LogP contribution in [0.15, 0.2) is 30.9 Å². The van der Waals surface area contributed by atoms with Crippen LogP contribution in [0, 0.1) is 5.82 Å². The number of carbonyl (C=O) groups excluding carboxylic acids is 1. The van der Waals surface area contributed by atoms with Crippen LogP contribution in [0.2, 0.25) is 0 Å². The van der Waals surface area contributed by atoms with Crippen molar-refractivity contribution in [3.8, 4) is 0 Å². The van der Waals surface area contributed by atoms with Gasteiger partial charge in [0.05, 0.1) is 0 Å². The normalized spacial score (nSPS) is 17.2. The summed E-state index contributed by atoms with van der Waals surface area (Å²) in [5.74, 6) is -1.59. The zero-order chi connectivity index (χ0) is 14.7. The third-order valence-electron chi connectivity index (χ3n) is 3.13. The number of ether oxygens (including phenoxy) is 1. The van der Waals surface area contributed by atoms with E-state index in [4.69, 9.17) is 4.74 Å². The van der Waals surface area contributed by atoms with Crippen molar-refractivity contribution in [2.75, 3.05) is 13.2 Å². The molecule has 5 nitrogen and oxygen atoms in total. The molecule has 0 fully saturated rings. The van der Waals surface area contributed by atoms with Gasteiger partial charge in [-0.1, -0.05) is 18.7 Å². The quantitative estimate of drug-likeness (QED) is 0.861. The number of carboxylic acid groups (broad SMARTS) is 1. The molecular weight excluding hydrogens is 265 g/mol. The summed E-state index contributed by atoms with van der Waals surface area (Å²) in [6.45, 7) is 3.61. The summed E-state index contributed by atoms with van der Waals surface area (Å²) in [5, 5.41) is 9.34. The lowest BCUT2D eigenvalue weighted by Gasteiger charge is -2.33. The second kappa shape index (κ2) is 5.73. The van der Waals surface area contributed by atoms with Crippen molar-refractivity contribution >= 4 is 12.1 Å². The highest BCUT2D eigenvalue weighted by Gasteiger charge is 2.36. The van der Waals surface area contributed by atoms with Gasteiger partial charge in [0.25, 0.3) is 0 Å². The topological polar surface area (TPSA) is 66.8 Å². The van der Waals surface area contributed by atoms with Crippen LogP contribution >= 0.6 is 0 Å². The lowest BCUT2D eigenvalue weighted by Crippen LogP contribution is -2.43. The van der Waals surface area contributed by atoms with Crippen molar-refractivity contribution in [3.05, 3.63) is 47.8 Å². The summed E-state index contributed by atoms with van der Waals surface area (Å²) >= 11 is 0. The number of aliphatic carboxylic acids is 1. The molecule has 1 aromatic rings. The number of carboxylic acids is 1. The van der Waals surface area contributed by atoms with Crippen LogP contribution in [-0.4, -0.2) is 35.2 Å². The molecule has 0 saturated carbocycles. The lowest BCUT2D eigenvalue weighted by molar-refractivity contribution is -0.143. The molecule has 0 unspecified atom stereocenters. The van der Waals surface area contributed by atoms with Crippen LogP contribution in [0.1, 0.15) is 17.2 Å². The molecule has 1 aliphatic heterocycles. The molecule has 1 N–H and O–H groups in total. The van der Waals surface area contributed by atoms with Crippen LogP contribution in [-0.2, 0) is 16.0 Å². The first-order chi connectivity index (χ1) is 9.54. The third-order valence-corrected chi connectivity index (χ3v) is 3.13. The van der Waals surface area contributed by atoms with Gasteiger partial charge in [-0.2, -0.15) is 0 Å². The van der Waals surface area contributed by atoms with Gasteiger partial charge in [0.15, 0.2) is 6.04 Å². The summed E-state index contributed by atoms with van der Waals surface area (Å²) in [4.78, 5) is 24.4. The summed E-state index contributed by atoms with van der Waals surface area (Å²) in [6, 6.07) is 2.73. The average molecular weight is 279 g/mol. The molecule has 0 saturated heterocycles. The van der Waals surface area contributed by atoms with Gasteiger partial charge in [-0.3, -0.25) is 4.90 Å². The number of halogens is 1. The Kier molecular flexibility index (Phi) is 4.02. The van der Waals surface area contributed by atoms with E-state index >= 15 is 0 Å². The summed E-state index contributed by atoms with van der Waals surface area (Å²) < 4.78 is 18.1. The van der Waals surface area contributed by atoms with E-state index in [-0.39, 0.29) is 13.2 Å². The van der Waals surface area contributed by atoms with Crippen molar-refractivity contribution in [1.29, 1.82) is 0 Å². The number of benzene rings is 1. The fourth-order valence-electron chi connectivity index (χ4n) is 2.27. The van der Waals surface area contributed by atoms with E-state index in [0.717, 1.165) is 4.90 Å². The van der Waals surface area contributed by atoms with Gasteiger partial charge in [0, 0.05) is 6.54 Å². The standard InChI is InChI=1S/C14H14FNO4/c1-2-7-20-14(19)16-6-5-9-8-10(15)3-4-11(9)12(16)13(17)18/h2-4,8,12H,1,5-7H2,(H,17,18)/t12-/m0/s1. The monoisotopic (exact) mass is 279 g/mol. The van der Waals surface area contributed by atoms with Crippen molar-refractivity contribution in [2.45, 2.75) is 12.5 Å². The van der Waals surface area contributed by atoms with Crippen LogP contribution < -0.4 is 0 Å². The molecular formula is C14H14FNO4. The molecule has 1 aromatic carbocycles. The third kappa shape index (κ3) is 2.64. The minimum atomic E-state index is -1.17. The highest BCUT2D eigenvalue weighted by molar-refractivity contribution is 5.82. The molecule has 0 spiro atoms. The molecule has 0 bridgehead atoms. The lowest BCUT2D eigenvalue weighted by atomic mass is 9.93. The van der Waals surface area contributed by atoms with Gasteiger partial charge in [0.1, 0.15) is 12.4 Å². The fourth-order valence-corrected chi connectivity index (χ4v) is 2.27. The van der Waals surface area contributed by atoms with Gasteiger partial charge in [0.2, 0.25) is 0 Å². The molecule has 106 valence electrons. The van der Waals surface area contributed by atoms with Crippen LogP contribution in [0.3, 0.4) is 0 Å². The van der Waals surface area contributed by atoms with Crippen LogP contribution in [0.4, 0.5) is 9.18 Å². The van der Waals surface area contributed by atoms with Gasteiger partial charge in [-0.05, 0) is 29.7 Å². The molecule has 1 aliphatic rings. The van der Waals surface area contributed by atoms with Crippen molar-refractivity contribution in [2.24, 2.45) is 0 Å². The first kappa shape index (κ1) is 14.0. The number of carbonyl (C=O) groups is 2. The molecule has 2 rings (SSSR count). The molecule has 0 aliphatic carbocycles. The van der Waals surface area contributed by atoms with Crippen LogP contribution in [0.5, 0.6) is 0 Å². The van der Waals surface area contributed by atoms with Gasteiger partial charge >= 0.3 is 12.1 Å². The fraction of sp³-hybridized carbons (Fsp3) is 0.286. The Morgan fingerprint density at radius 2 is 2.30 bits per heavy atom. The molecule has 6 heteroatoms. The van der Waals surface area contributed by atoms with Gasteiger partial charge in [-0.15, -0.1) is 0 Å². The first-order valence-corrected chi connectivity index (χ1v) is 6.10. The minimum Gasteiger partial charge on any atom is -0.479 e. The maximum absolute atomic E-state index is 13.2. The SMILES string of the molecule is C=CCOC(=O)N1CCc2cc(F)ccc2[C@H]1C(=O)O. The number of hydrogen-bond donors (Lipinski definition) is 1. The molecule has 1 amide bonds. The predicted octanol–water partition coefficient (Wildman–Crippen LogP) is 2.13. The molecule has 0 radical (unpaired) electrons. The smallest absolute Gasteiger partial charge is 0.411 e. The second-order valence-electron chi connectivity index (χ2n) is 4.39. The second-order valence-corrected chi connectivity index (χ2v) is 4.39. The van der Waals surface area contributed by atoms with Crippen LogP contribution in [0.25, 0.3) is 0 Å². The van der Waals surface area contributed by atoms with E-state index in [1.165, 1.54) is 24.3 Å². The Hall–Kier alpha value is -2.37. The van der Waals surface area contributed by atoms with E-state index in [1.807, 2.05) is 0 Å². The zero-order valence-corrected chi connectivity index (χ0v) is 10.7. The van der Waals surface area contributed by atoms with E-state index in [2.05, 4.69) is 6.58 Å². The van der Waals surface area contributed by atoms with Crippen molar-refractivity contribution < 1.29 is 23.8 Å². The maximum atomic E-state index is 13.2. The van der Waals surface area contributed by atoms with Crippen molar-refractivity contribution in [3.63, 3.8) is 0 Å². The summed E-state index contributed by atoms with van der Waals surface area (Å²) in [7, 11) is 0. The zero-order valence-electron chi connectivity index (χ0n) is 10.7. The number of rotatable bonds is 3.